The number of rotatable bonds is 0. The van der Waals surface area contributed by atoms with Crippen LogP contribution in [-0.4, -0.2) is 0 Å². The molecule has 0 aromatic carbocycles. The summed E-state index contributed by atoms with van der Waals surface area (Å²) in [7, 11) is 0. The van der Waals surface area contributed by atoms with E-state index in [9.17, 15) is 13.2 Å². The van der Waals surface area contributed by atoms with Crippen molar-refractivity contribution in [2.75, 3.05) is 0 Å². The molecule has 0 unspecified atom stereocenters. The van der Waals surface area contributed by atoms with E-state index in [0.29, 0.717) is 0 Å². The first-order valence-corrected chi connectivity index (χ1v) is 0.567. The second kappa shape index (κ2) is 9.20. The van der Waals surface area contributed by atoms with Gasteiger partial charge in [0.25, 0.3) is 0 Å². The van der Waals surface area contributed by atoms with Crippen LogP contribution in [0.25, 0.3) is 0 Å². The first-order chi connectivity index (χ1) is 1.73. The molecule has 0 amide bonds. The Morgan fingerprint density at radius 2 is 1.00 bits per heavy atom. The van der Waals surface area contributed by atoms with Gasteiger partial charge in [-0.3, -0.25) is 0 Å². The van der Waals surface area contributed by atoms with Crippen molar-refractivity contribution in [1.29, 1.82) is 0 Å². The molecule has 6 heavy (non-hydrogen) atoms. The fourth-order valence-corrected chi connectivity index (χ4v) is 0. The zero-order chi connectivity index (χ0) is 3.58. The topological polar surface area (TPSA) is 0 Å². The maximum absolute atomic E-state index is 9.58. The molecule has 0 bridgehead atoms. The molecule has 0 spiro atoms. The molecule has 0 radical (unpaired) electrons. The van der Waals surface area contributed by atoms with Crippen molar-refractivity contribution in [3.63, 3.8) is 0 Å². The Bertz CT molecular complexity index is 13.5. The summed E-state index contributed by atoms with van der Waals surface area (Å²) in [6, 6.07) is 0. The van der Waals surface area contributed by atoms with Crippen LogP contribution < -0.4 is 0 Å². The maximum Gasteiger partial charge on any atom is 2.00 e. The average molecular weight is 196 g/mol. The second-order valence-corrected chi connectivity index (χ2v) is 0.214. The Kier molecular flexibility index (Phi) is 24.4. The standard InChI is InChI=1S/CF3.CH3.Cd/c2-1(3)4;;/h;1H3;/q2*-1;+2. The molecule has 0 aliphatic rings. The van der Waals surface area contributed by atoms with E-state index in [0.717, 1.165) is 0 Å². The molecule has 4 heteroatoms. The summed E-state index contributed by atoms with van der Waals surface area (Å²) in [4.78, 5) is 0. The molecule has 0 N–H and O–H groups in total. The fourth-order valence-electron chi connectivity index (χ4n) is 0. The third-order valence-electron chi connectivity index (χ3n) is 0. The minimum atomic E-state index is -3.08. The Labute approximate surface area is 54.9 Å². The van der Waals surface area contributed by atoms with Gasteiger partial charge in [0.15, 0.2) is 6.68 Å². The first kappa shape index (κ1) is 15.9. The van der Waals surface area contributed by atoms with Crippen molar-refractivity contribution < 1.29 is 40.5 Å². The van der Waals surface area contributed by atoms with E-state index in [1.54, 1.807) is 0 Å². The van der Waals surface area contributed by atoms with E-state index >= 15 is 0 Å². The molecule has 0 saturated carbocycles. The molecule has 0 heterocycles. The van der Waals surface area contributed by atoms with Gasteiger partial charge in [-0.2, -0.15) is 0 Å². The van der Waals surface area contributed by atoms with Crippen LogP contribution in [0.2, 0.25) is 0 Å². The molecule has 0 nitrogen and oxygen atoms in total. The van der Waals surface area contributed by atoms with Gasteiger partial charge in [-0.15, -0.1) is 0 Å². The van der Waals surface area contributed by atoms with Crippen LogP contribution in [0.4, 0.5) is 13.2 Å². The van der Waals surface area contributed by atoms with Crippen molar-refractivity contribution in [2.45, 2.75) is 0 Å². The van der Waals surface area contributed by atoms with Gasteiger partial charge in [0.1, 0.15) is 0 Å². The average Bonchev–Trinajstić information content (AvgIpc) is 0.811. The van der Waals surface area contributed by atoms with Gasteiger partial charge in [0.05, 0.1) is 0 Å². The summed E-state index contributed by atoms with van der Waals surface area (Å²) in [5.74, 6) is 0. The van der Waals surface area contributed by atoms with Gasteiger partial charge in [-0.1, -0.05) is 0 Å². The molecule has 0 saturated heterocycles. The molecule has 0 atom stereocenters. The van der Waals surface area contributed by atoms with E-state index in [1.807, 2.05) is 0 Å². The van der Waals surface area contributed by atoms with Crippen molar-refractivity contribution in [3.05, 3.63) is 14.1 Å². The maximum atomic E-state index is 9.58. The summed E-state index contributed by atoms with van der Waals surface area (Å²) < 4.78 is 28.8. The van der Waals surface area contributed by atoms with Crippen molar-refractivity contribution in [2.24, 2.45) is 0 Å². The van der Waals surface area contributed by atoms with E-state index in [2.05, 4.69) is 0 Å². The summed E-state index contributed by atoms with van der Waals surface area (Å²) in [6.45, 7) is -3.08. The number of hydrogen-bond acceptors (Lipinski definition) is 0. The minimum absolute atomic E-state index is 0. The van der Waals surface area contributed by atoms with Crippen LogP contribution in [0.15, 0.2) is 0 Å². The van der Waals surface area contributed by atoms with E-state index in [1.165, 1.54) is 0 Å². The molecule has 0 fully saturated rings. The third-order valence-corrected chi connectivity index (χ3v) is 0. The summed E-state index contributed by atoms with van der Waals surface area (Å²) in [5.41, 5.74) is 0. The molecule has 0 aliphatic heterocycles. The van der Waals surface area contributed by atoms with Crippen molar-refractivity contribution in [1.82, 2.24) is 0 Å². The zero-order valence-electron chi connectivity index (χ0n) is 3.34. The molecule has 0 aromatic rings. The molecule has 34 valence electrons. The number of hydrogen-bond donors (Lipinski definition) is 0. The monoisotopic (exact) mass is 198 g/mol. The van der Waals surface area contributed by atoms with Crippen LogP contribution in [0.1, 0.15) is 0 Å². The second-order valence-electron chi connectivity index (χ2n) is 0.214. The fraction of sp³-hybridized carbons (Fsp3) is 0. The molecule has 0 aliphatic carbocycles. The van der Waals surface area contributed by atoms with Crippen LogP contribution in [0.3, 0.4) is 0 Å². The van der Waals surface area contributed by atoms with Crippen LogP contribution in [0, 0.1) is 14.1 Å². The van der Waals surface area contributed by atoms with Crippen LogP contribution in [0.5, 0.6) is 0 Å². The van der Waals surface area contributed by atoms with Gasteiger partial charge in [-0.25, -0.2) is 0 Å². The van der Waals surface area contributed by atoms with Crippen molar-refractivity contribution in [3.8, 4) is 0 Å². The number of halogens is 3. The first-order valence-electron chi connectivity index (χ1n) is 0.567. The van der Waals surface area contributed by atoms with Crippen LogP contribution in [-0.2, 0) is 27.3 Å². The molecular weight excluding hydrogens is 193 g/mol. The quantitative estimate of drug-likeness (QED) is 0.409. The molecule has 0 rings (SSSR count). The van der Waals surface area contributed by atoms with E-state index in [4.69, 9.17) is 0 Å². The van der Waals surface area contributed by atoms with Gasteiger partial charge in [-0.05, 0) is 0 Å². The predicted molar refractivity (Wildman–Crippen MR) is 13.0 cm³/mol. The zero-order valence-corrected chi connectivity index (χ0v) is 7.38. The summed E-state index contributed by atoms with van der Waals surface area (Å²) in [6.07, 6.45) is 0. The minimum Gasteiger partial charge on any atom is -0.385 e. The van der Waals surface area contributed by atoms with Gasteiger partial charge in [0, 0.05) is 0 Å². The third kappa shape index (κ3) is 128. The SMILES string of the molecule is F[C-](F)F.[CH3-].[Cd+2]. The Morgan fingerprint density at radius 1 is 1.00 bits per heavy atom. The summed E-state index contributed by atoms with van der Waals surface area (Å²) >= 11 is 0. The van der Waals surface area contributed by atoms with E-state index in [-0.39, 0.29) is 34.7 Å². The molecule has 0 aromatic heterocycles. The van der Waals surface area contributed by atoms with Gasteiger partial charge >= 0.3 is 27.3 Å². The van der Waals surface area contributed by atoms with E-state index < -0.39 is 6.68 Å². The predicted octanol–water partition coefficient (Wildman–Crippen LogP) is 1.79. The van der Waals surface area contributed by atoms with Crippen LogP contribution >= 0.6 is 0 Å². The molecular formula is C2H3CdF3. The van der Waals surface area contributed by atoms with Crippen molar-refractivity contribution >= 4 is 0 Å². The Balaban J connectivity index is -0.0000000450. The Morgan fingerprint density at radius 3 is 1.00 bits per heavy atom. The Hall–Kier alpha value is 0.712. The van der Waals surface area contributed by atoms with Gasteiger partial charge in [0.2, 0.25) is 0 Å². The normalized spacial score (nSPS) is 6.00. The largest absolute Gasteiger partial charge is 2.00 e. The smallest absolute Gasteiger partial charge is 0.385 e. The summed E-state index contributed by atoms with van der Waals surface area (Å²) in [5, 5.41) is 0. The van der Waals surface area contributed by atoms with Gasteiger partial charge < -0.3 is 20.6 Å².